The molecule has 2 aromatic rings. The highest BCUT2D eigenvalue weighted by molar-refractivity contribution is 7.80. The van der Waals surface area contributed by atoms with Gasteiger partial charge < -0.3 is 20.1 Å². The van der Waals surface area contributed by atoms with Gasteiger partial charge in [0, 0.05) is 6.04 Å². The Bertz CT molecular complexity index is 1180. The highest BCUT2D eigenvalue weighted by Gasteiger charge is 2.58. The van der Waals surface area contributed by atoms with E-state index in [1.807, 2.05) is 0 Å². The third kappa shape index (κ3) is 4.25. The Kier molecular flexibility index (Phi) is 5.47. The Morgan fingerprint density at radius 1 is 1.25 bits per heavy atom. The van der Waals surface area contributed by atoms with E-state index in [-0.39, 0.29) is 12.1 Å². The second-order valence-electron chi connectivity index (χ2n) is 7.74. The van der Waals surface area contributed by atoms with Crippen molar-refractivity contribution in [2.75, 3.05) is 11.9 Å². The fourth-order valence-corrected chi connectivity index (χ4v) is 5.67. The smallest absolute Gasteiger partial charge is 0.393 e. The van der Waals surface area contributed by atoms with Gasteiger partial charge in [-0.15, -0.1) is 0 Å². The molecule has 32 heavy (non-hydrogen) atoms. The van der Waals surface area contributed by atoms with E-state index in [1.165, 1.54) is 17.2 Å². The number of aliphatic hydroxyl groups is 1. The predicted octanol–water partition coefficient (Wildman–Crippen LogP) is -0.247. The van der Waals surface area contributed by atoms with Crippen molar-refractivity contribution in [3.8, 4) is 0 Å². The molecule has 0 aromatic carbocycles. The number of hydrogen-bond acceptors (Lipinski definition) is 12. The van der Waals surface area contributed by atoms with Crippen LogP contribution in [-0.2, 0) is 32.9 Å². The average molecular weight is 493 g/mol. The van der Waals surface area contributed by atoms with Gasteiger partial charge in [-0.1, -0.05) is 0 Å². The minimum atomic E-state index is -4.77. The quantitative estimate of drug-likeness (QED) is 0.303. The van der Waals surface area contributed by atoms with Gasteiger partial charge in [0.2, 0.25) is 0 Å². The Morgan fingerprint density at radius 3 is 2.75 bits per heavy atom. The predicted molar refractivity (Wildman–Crippen MR) is 104 cm³/mol. The van der Waals surface area contributed by atoms with Crippen LogP contribution in [0.2, 0.25) is 0 Å². The molecule has 0 bridgehead atoms. The summed E-state index contributed by atoms with van der Waals surface area (Å²) in [4.78, 5) is 22.5. The normalized spacial score (nSPS) is 37.2. The third-order valence-corrected chi connectivity index (χ3v) is 7.01. The molecule has 0 amide bonds. The molecule has 176 valence electrons. The maximum atomic E-state index is 12.0. The number of nitrogens with one attached hydrogen (secondary N) is 1. The summed E-state index contributed by atoms with van der Waals surface area (Å²) in [6, 6.07) is 0.0224. The van der Waals surface area contributed by atoms with E-state index in [2.05, 4.69) is 24.5 Å². The van der Waals surface area contributed by atoms with Gasteiger partial charge in [-0.3, -0.25) is 18.2 Å². The molecule has 1 saturated carbocycles. The van der Waals surface area contributed by atoms with Crippen molar-refractivity contribution in [2.45, 2.75) is 55.9 Å². The minimum Gasteiger partial charge on any atom is -0.393 e. The summed E-state index contributed by atoms with van der Waals surface area (Å²) in [6.45, 7) is -0.668. The summed E-state index contributed by atoms with van der Waals surface area (Å²) in [7, 11) is -9.18. The summed E-state index contributed by atoms with van der Waals surface area (Å²) in [5, 5.41) is 13.0. The van der Waals surface area contributed by atoms with Crippen molar-refractivity contribution >= 4 is 35.2 Å². The van der Waals surface area contributed by atoms with E-state index in [9.17, 15) is 23.0 Å². The first-order chi connectivity index (χ1) is 15.1. The zero-order valence-corrected chi connectivity index (χ0v) is 18.0. The molecule has 1 unspecified atom stereocenters. The van der Waals surface area contributed by atoms with Crippen molar-refractivity contribution < 1.29 is 45.5 Å². The van der Waals surface area contributed by atoms with Gasteiger partial charge in [-0.05, 0) is 19.3 Å². The molecule has 3 fully saturated rings. The van der Waals surface area contributed by atoms with E-state index in [4.69, 9.17) is 18.3 Å². The fraction of sp³-hybridized carbons (Fsp3) is 0.667. The molecule has 4 heterocycles. The molecular weight excluding hydrogens is 473 g/mol. The average Bonchev–Trinajstić information content (AvgIpc) is 3.43. The van der Waals surface area contributed by atoms with Crippen LogP contribution in [0.15, 0.2) is 12.7 Å². The maximum Gasteiger partial charge on any atom is 0.473 e. The molecule has 17 heteroatoms. The first-order valence-electron chi connectivity index (χ1n) is 9.69. The van der Waals surface area contributed by atoms with Crippen LogP contribution in [0, 0.1) is 0 Å². The van der Waals surface area contributed by atoms with Gasteiger partial charge in [0.05, 0.1) is 19.0 Å². The molecule has 2 aromatic heterocycles. The largest absolute Gasteiger partial charge is 0.473 e. The van der Waals surface area contributed by atoms with E-state index >= 15 is 0 Å². The first kappa shape index (κ1) is 22.1. The molecule has 3 aliphatic rings. The Hall–Kier alpha value is -1.75. The number of phosphoric ester groups is 1. The molecule has 0 spiro atoms. The van der Waals surface area contributed by atoms with Gasteiger partial charge in [-0.2, -0.15) is 8.42 Å². The van der Waals surface area contributed by atoms with Crippen molar-refractivity contribution in [3.63, 3.8) is 0 Å². The van der Waals surface area contributed by atoms with Gasteiger partial charge in [0.15, 0.2) is 23.2 Å². The summed E-state index contributed by atoms with van der Waals surface area (Å²) < 4.78 is 64.5. The third-order valence-electron chi connectivity index (χ3n) is 5.56. The van der Waals surface area contributed by atoms with Crippen LogP contribution < -0.4 is 5.32 Å². The standard InChI is InChI=1S/C15H20N5O10PS/c21-8-2-1-7(3-8)19-13-10-14(17-5-16-13)20(6-18-10)15-12-11(29-31(22,23)30-12)9(28-15)4-27-32(24,25)26/h5-9,11-12,15,21H,1-4H2,(H,22,23)(H,16,17,19)(H,24,25,26)/t7-,8+,9+,11+,12+,15+/m0/s1. The number of hydrogen-bond donors (Lipinski definition) is 4. The number of aliphatic hydroxyl groups excluding tert-OH is 1. The lowest BCUT2D eigenvalue weighted by atomic mass is 10.1. The minimum absolute atomic E-state index is 0.0224. The zero-order valence-electron chi connectivity index (χ0n) is 16.3. The van der Waals surface area contributed by atoms with Crippen molar-refractivity contribution in [1.29, 1.82) is 0 Å². The van der Waals surface area contributed by atoms with Crippen LogP contribution >= 0.6 is 7.82 Å². The Balaban J connectivity index is 1.44. The lowest BCUT2D eigenvalue weighted by Gasteiger charge is -2.19. The topological polar surface area (TPSA) is 204 Å². The van der Waals surface area contributed by atoms with Crippen molar-refractivity contribution in [3.05, 3.63) is 12.7 Å². The maximum absolute atomic E-state index is 12.0. The number of fused-ring (bicyclic) bond motifs is 2. The SMILES string of the molecule is O=P1(O)O[C@@H]2[C@H](O1)[C@@H](COS(=O)(=O)O)O[C@H]2n1cnc2c(N[C@H]3CC[C@@H](O)C3)ncnc21. The highest BCUT2D eigenvalue weighted by atomic mass is 32.3. The summed E-state index contributed by atoms with van der Waals surface area (Å²) in [6.07, 6.45) is -0.0978. The van der Waals surface area contributed by atoms with E-state index < -0.39 is 49.4 Å². The van der Waals surface area contributed by atoms with E-state index in [1.54, 1.807) is 0 Å². The molecule has 4 N–H and O–H groups in total. The van der Waals surface area contributed by atoms with E-state index in [0.29, 0.717) is 29.8 Å². The van der Waals surface area contributed by atoms with Gasteiger partial charge in [-0.25, -0.2) is 23.7 Å². The number of aromatic nitrogens is 4. The van der Waals surface area contributed by atoms with Crippen LogP contribution in [0.25, 0.3) is 11.2 Å². The summed E-state index contributed by atoms with van der Waals surface area (Å²) >= 11 is 0. The molecule has 15 nitrogen and oxygen atoms in total. The zero-order chi connectivity index (χ0) is 22.7. The van der Waals surface area contributed by atoms with Crippen LogP contribution in [0.5, 0.6) is 0 Å². The second-order valence-corrected chi connectivity index (χ2v) is 10.2. The molecule has 2 aliphatic heterocycles. The number of imidazole rings is 1. The Labute approximate surface area is 181 Å². The summed E-state index contributed by atoms with van der Waals surface area (Å²) in [5.41, 5.74) is 0.724. The molecule has 0 radical (unpaired) electrons. The highest BCUT2D eigenvalue weighted by Crippen LogP contribution is 2.58. The second kappa shape index (κ2) is 7.93. The number of ether oxygens (including phenoxy) is 1. The van der Waals surface area contributed by atoms with Crippen LogP contribution in [-0.4, -0.2) is 79.6 Å². The van der Waals surface area contributed by atoms with Gasteiger partial charge in [0.1, 0.15) is 24.6 Å². The van der Waals surface area contributed by atoms with E-state index in [0.717, 1.165) is 6.42 Å². The monoisotopic (exact) mass is 493 g/mol. The molecule has 7 atom stereocenters. The van der Waals surface area contributed by atoms with Gasteiger partial charge in [0.25, 0.3) is 0 Å². The molecule has 5 rings (SSSR count). The van der Waals surface area contributed by atoms with Crippen molar-refractivity contribution in [1.82, 2.24) is 19.5 Å². The van der Waals surface area contributed by atoms with Crippen LogP contribution in [0.3, 0.4) is 0 Å². The fourth-order valence-electron chi connectivity index (χ4n) is 4.22. The Morgan fingerprint density at radius 2 is 2.03 bits per heavy atom. The molecular formula is C15H20N5O10PS. The van der Waals surface area contributed by atoms with Crippen molar-refractivity contribution in [2.24, 2.45) is 0 Å². The number of anilines is 1. The lowest BCUT2D eigenvalue weighted by Crippen LogP contribution is -2.32. The van der Waals surface area contributed by atoms with Crippen LogP contribution in [0.1, 0.15) is 25.5 Å². The molecule has 2 saturated heterocycles. The molecule has 1 aliphatic carbocycles. The number of rotatable bonds is 6. The lowest BCUT2D eigenvalue weighted by molar-refractivity contribution is -0.0555. The van der Waals surface area contributed by atoms with Crippen LogP contribution in [0.4, 0.5) is 5.82 Å². The first-order valence-corrected chi connectivity index (χ1v) is 12.5. The number of nitrogens with zero attached hydrogens (tertiary/aromatic N) is 4. The van der Waals surface area contributed by atoms with Gasteiger partial charge >= 0.3 is 18.2 Å². The number of phosphoric acid groups is 1. The summed E-state index contributed by atoms with van der Waals surface area (Å²) in [5.74, 6) is 0.449.